The van der Waals surface area contributed by atoms with E-state index in [4.69, 9.17) is 0 Å². The number of carbonyl (C=O) groups excluding carboxylic acids is 2. The Kier molecular flexibility index (Phi) is 4.48. The zero-order valence-electron chi connectivity index (χ0n) is 14.6. The summed E-state index contributed by atoms with van der Waals surface area (Å²) < 4.78 is 27.6. The van der Waals surface area contributed by atoms with Crippen LogP contribution in [0.25, 0.3) is 0 Å². The molecule has 1 aromatic rings. The van der Waals surface area contributed by atoms with Gasteiger partial charge in [-0.25, -0.2) is 8.42 Å². The number of piperidine rings is 1. The third-order valence-electron chi connectivity index (χ3n) is 5.50. The van der Waals surface area contributed by atoms with Gasteiger partial charge in [-0.3, -0.25) is 9.59 Å². The van der Waals surface area contributed by atoms with Crippen molar-refractivity contribution >= 4 is 27.5 Å². The maximum absolute atomic E-state index is 13.2. The second kappa shape index (κ2) is 6.66. The van der Waals surface area contributed by atoms with E-state index in [9.17, 15) is 18.0 Å². The average Bonchev–Trinajstić information content (AvgIpc) is 3.18. The number of hydrogen-bond donors (Lipinski definition) is 0. The predicted octanol–water partition coefficient (Wildman–Crippen LogP) is 1.20. The molecule has 2 amide bonds. The van der Waals surface area contributed by atoms with Crippen LogP contribution in [0, 0.1) is 0 Å². The Morgan fingerprint density at radius 3 is 2.50 bits per heavy atom. The molecule has 0 aromatic heterocycles. The highest BCUT2D eigenvalue weighted by atomic mass is 32.2. The summed E-state index contributed by atoms with van der Waals surface area (Å²) in [5, 5.41) is 0. The number of likely N-dealkylation sites (tertiary alicyclic amines) is 1. The molecule has 1 atom stereocenters. The Labute approximate surface area is 153 Å². The van der Waals surface area contributed by atoms with Crippen LogP contribution < -0.4 is 4.90 Å². The van der Waals surface area contributed by atoms with Gasteiger partial charge in [0.25, 0.3) is 0 Å². The summed E-state index contributed by atoms with van der Waals surface area (Å²) >= 11 is 0. The number of hydrogen-bond acceptors (Lipinski definition) is 4. The second-order valence-corrected chi connectivity index (χ2v) is 8.97. The summed E-state index contributed by atoms with van der Waals surface area (Å²) in [6.07, 6.45) is 4.01. The van der Waals surface area contributed by atoms with Crippen molar-refractivity contribution in [2.75, 3.05) is 31.1 Å². The minimum absolute atomic E-state index is 0.101. The molecule has 0 bridgehead atoms. The number of fused-ring (bicyclic) bond motifs is 2. The number of rotatable bonds is 2. The largest absolute Gasteiger partial charge is 0.341 e. The molecular weight excluding hydrogens is 354 g/mol. The van der Waals surface area contributed by atoms with Crippen molar-refractivity contribution in [3.05, 3.63) is 24.3 Å². The normalized spacial score (nSPS) is 25.5. The standard InChI is InChI=1S/C18H23N3O4S/c22-17(19-10-5-6-11-19)13-20-14-7-1-2-9-16(14)26(24,25)21-12-4-3-8-15(21)18(20)23/h1-2,7,9,15H,3-6,8,10-13H2/t15-/m1/s1. The Balaban J connectivity index is 1.76. The fraction of sp³-hybridized carbons (Fsp3) is 0.556. The molecule has 0 radical (unpaired) electrons. The van der Waals surface area contributed by atoms with Gasteiger partial charge in [0.05, 0.1) is 5.69 Å². The van der Waals surface area contributed by atoms with Crippen molar-refractivity contribution in [1.29, 1.82) is 0 Å². The van der Waals surface area contributed by atoms with Crippen LogP contribution in [0.1, 0.15) is 32.1 Å². The van der Waals surface area contributed by atoms with Crippen LogP contribution >= 0.6 is 0 Å². The summed E-state index contributed by atoms with van der Waals surface area (Å²) in [6.45, 7) is 1.66. The molecule has 4 rings (SSSR count). The lowest BCUT2D eigenvalue weighted by Gasteiger charge is -2.33. The highest BCUT2D eigenvalue weighted by Gasteiger charge is 2.45. The van der Waals surface area contributed by atoms with Crippen LogP contribution in [0.4, 0.5) is 5.69 Å². The fourth-order valence-corrected chi connectivity index (χ4v) is 5.97. The number of benzene rings is 1. The molecule has 0 N–H and O–H groups in total. The monoisotopic (exact) mass is 377 g/mol. The minimum atomic E-state index is -3.75. The second-order valence-electron chi connectivity index (χ2n) is 7.11. The van der Waals surface area contributed by atoms with Gasteiger partial charge < -0.3 is 9.80 Å². The van der Waals surface area contributed by atoms with E-state index in [2.05, 4.69) is 0 Å². The van der Waals surface area contributed by atoms with E-state index < -0.39 is 16.1 Å². The Bertz CT molecular complexity index is 833. The smallest absolute Gasteiger partial charge is 0.245 e. The molecule has 0 spiro atoms. The maximum atomic E-state index is 13.2. The number of anilines is 1. The summed E-state index contributed by atoms with van der Waals surface area (Å²) in [4.78, 5) is 29.2. The molecule has 8 heteroatoms. The van der Waals surface area contributed by atoms with Crippen LogP contribution in [0.3, 0.4) is 0 Å². The van der Waals surface area contributed by atoms with Crippen LogP contribution in [-0.2, 0) is 19.6 Å². The van der Waals surface area contributed by atoms with Gasteiger partial charge in [0.2, 0.25) is 21.8 Å². The van der Waals surface area contributed by atoms with Crippen LogP contribution in [-0.4, -0.2) is 61.7 Å². The molecule has 0 saturated carbocycles. The minimum Gasteiger partial charge on any atom is -0.341 e. The lowest BCUT2D eigenvalue weighted by molar-refractivity contribution is -0.131. The van der Waals surface area contributed by atoms with Gasteiger partial charge in [0.15, 0.2) is 0 Å². The zero-order valence-corrected chi connectivity index (χ0v) is 15.5. The summed E-state index contributed by atoms with van der Waals surface area (Å²) in [5.74, 6) is -0.405. The topological polar surface area (TPSA) is 78.0 Å². The molecule has 0 aliphatic carbocycles. The van der Waals surface area contributed by atoms with Gasteiger partial charge in [-0.2, -0.15) is 4.31 Å². The Morgan fingerprint density at radius 1 is 1.04 bits per heavy atom. The van der Waals surface area contributed by atoms with E-state index >= 15 is 0 Å². The molecule has 3 aliphatic heterocycles. The summed E-state index contributed by atoms with van der Waals surface area (Å²) in [5.41, 5.74) is 0.319. The number of amides is 2. The van der Waals surface area contributed by atoms with Crippen LogP contribution in [0.2, 0.25) is 0 Å². The quantitative estimate of drug-likeness (QED) is 0.776. The van der Waals surface area contributed by atoms with Gasteiger partial charge in [-0.05, 0) is 37.8 Å². The van der Waals surface area contributed by atoms with E-state index in [1.165, 1.54) is 15.3 Å². The lowest BCUT2D eigenvalue weighted by Crippen LogP contribution is -2.52. The van der Waals surface area contributed by atoms with E-state index in [0.29, 0.717) is 31.7 Å². The molecule has 3 heterocycles. The first-order valence-electron chi connectivity index (χ1n) is 9.20. The van der Waals surface area contributed by atoms with E-state index in [-0.39, 0.29) is 23.3 Å². The van der Waals surface area contributed by atoms with Crippen molar-refractivity contribution in [2.45, 2.75) is 43.0 Å². The molecule has 7 nitrogen and oxygen atoms in total. The molecule has 3 aliphatic rings. The predicted molar refractivity (Wildman–Crippen MR) is 96.1 cm³/mol. The molecule has 2 fully saturated rings. The first-order chi connectivity index (χ1) is 12.5. The molecule has 1 aromatic carbocycles. The number of carbonyl (C=O) groups is 2. The molecule has 0 unspecified atom stereocenters. The van der Waals surface area contributed by atoms with Crippen molar-refractivity contribution in [3.8, 4) is 0 Å². The highest BCUT2D eigenvalue weighted by molar-refractivity contribution is 7.89. The molecule has 2 saturated heterocycles. The fourth-order valence-electron chi connectivity index (χ4n) is 4.13. The van der Waals surface area contributed by atoms with Crippen LogP contribution in [0.5, 0.6) is 0 Å². The first-order valence-corrected chi connectivity index (χ1v) is 10.6. The van der Waals surface area contributed by atoms with Gasteiger partial charge in [-0.15, -0.1) is 0 Å². The Morgan fingerprint density at radius 2 is 1.73 bits per heavy atom. The molecule has 140 valence electrons. The summed E-state index contributed by atoms with van der Waals surface area (Å²) in [6, 6.07) is 5.81. The van der Waals surface area contributed by atoms with E-state index in [1.807, 2.05) is 0 Å². The molecule has 26 heavy (non-hydrogen) atoms. The van der Waals surface area contributed by atoms with Gasteiger partial charge >= 0.3 is 0 Å². The highest BCUT2D eigenvalue weighted by Crippen LogP contribution is 2.36. The maximum Gasteiger partial charge on any atom is 0.245 e. The van der Waals surface area contributed by atoms with Crippen molar-refractivity contribution in [1.82, 2.24) is 9.21 Å². The number of para-hydroxylation sites is 1. The summed E-state index contributed by atoms with van der Waals surface area (Å²) in [7, 11) is -3.75. The Hall–Kier alpha value is -1.93. The molecular formula is C18H23N3O4S. The number of sulfonamides is 1. The third-order valence-corrected chi connectivity index (χ3v) is 7.46. The first kappa shape index (κ1) is 17.5. The SMILES string of the molecule is O=C(CN1C(=O)[C@H]2CCCCN2S(=O)(=O)c2ccccc21)N1CCCC1. The number of nitrogens with zero attached hydrogens (tertiary/aromatic N) is 3. The lowest BCUT2D eigenvalue weighted by atomic mass is 10.0. The zero-order chi connectivity index (χ0) is 18.3. The van der Waals surface area contributed by atoms with E-state index in [1.54, 1.807) is 23.1 Å². The van der Waals surface area contributed by atoms with Gasteiger partial charge in [0, 0.05) is 19.6 Å². The van der Waals surface area contributed by atoms with E-state index in [0.717, 1.165) is 25.7 Å². The van der Waals surface area contributed by atoms with Crippen molar-refractivity contribution in [2.24, 2.45) is 0 Å². The van der Waals surface area contributed by atoms with Crippen molar-refractivity contribution in [3.63, 3.8) is 0 Å². The average molecular weight is 377 g/mol. The third kappa shape index (κ3) is 2.81. The van der Waals surface area contributed by atoms with Gasteiger partial charge in [0.1, 0.15) is 17.5 Å². The van der Waals surface area contributed by atoms with Crippen molar-refractivity contribution < 1.29 is 18.0 Å². The van der Waals surface area contributed by atoms with Gasteiger partial charge in [-0.1, -0.05) is 18.6 Å². The van der Waals surface area contributed by atoms with Crippen LogP contribution in [0.15, 0.2) is 29.2 Å².